The third kappa shape index (κ3) is 3.67. The van der Waals surface area contributed by atoms with Crippen molar-refractivity contribution in [2.45, 2.75) is 22.3 Å². The third-order valence-corrected chi connectivity index (χ3v) is 6.58. The lowest BCUT2D eigenvalue weighted by atomic mass is 10.1. The molecule has 26 heavy (non-hydrogen) atoms. The van der Waals surface area contributed by atoms with E-state index in [4.69, 9.17) is 4.42 Å². The zero-order valence-corrected chi connectivity index (χ0v) is 16.2. The van der Waals surface area contributed by atoms with Crippen LogP contribution in [0.15, 0.2) is 63.1 Å². The fraction of sp³-hybridized carbons (Fsp3) is 0.222. The molecule has 0 saturated carbocycles. The van der Waals surface area contributed by atoms with E-state index in [9.17, 15) is 13.2 Å². The largest absolute Gasteiger partial charge is 0.431 e. The second-order valence-electron chi connectivity index (χ2n) is 5.89. The Kier molecular flexibility index (Phi) is 5.17. The summed E-state index contributed by atoms with van der Waals surface area (Å²) in [6.45, 7) is 1.79. The molecule has 0 aliphatic rings. The fourth-order valence-electron chi connectivity index (χ4n) is 2.35. The molecule has 3 rings (SSSR count). The maximum absolute atomic E-state index is 12.4. The van der Waals surface area contributed by atoms with Crippen LogP contribution in [0.5, 0.6) is 0 Å². The Morgan fingerprint density at radius 2 is 1.85 bits per heavy atom. The number of hydrogen-bond acceptors (Lipinski definition) is 6. The monoisotopic (exact) mass is 390 g/mol. The predicted molar refractivity (Wildman–Crippen MR) is 101 cm³/mol. The average molecular weight is 390 g/mol. The Morgan fingerprint density at radius 1 is 1.15 bits per heavy atom. The van der Waals surface area contributed by atoms with Gasteiger partial charge in [-0.3, -0.25) is 4.79 Å². The molecule has 1 aromatic heterocycles. The van der Waals surface area contributed by atoms with Gasteiger partial charge in [-0.05, 0) is 25.1 Å². The molecule has 0 radical (unpaired) electrons. The molecule has 0 fully saturated rings. The lowest BCUT2D eigenvalue weighted by Gasteiger charge is -2.10. The first kappa shape index (κ1) is 18.6. The first-order valence-electron chi connectivity index (χ1n) is 7.88. The normalized spacial score (nSPS) is 13.2. The van der Waals surface area contributed by atoms with Crippen LogP contribution < -0.4 is 0 Å². The van der Waals surface area contributed by atoms with Crippen LogP contribution in [-0.2, 0) is 10.0 Å². The van der Waals surface area contributed by atoms with Crippen LogP contribution in [0.4, 0.5) is 0 Å². The van der Waals surface area contributed by atoms with Gasteiger partial charge in [-0.25, -0.2) is 17.7 Å². The van der Waals surface area contributed by atoms with E-state index in [2.05, 4.69) is 4.98 Å². The number of oxazole rings is 1. The van der Waals surface area contributed by atoms with Crippen molar-refractivity contribution in [2.24, 2.45) is 0 Å². The SMILES string of the molecule is CC(Sc1nc2cc(S(=O)(=O)N(C)C)ccc2o1)C(=O)c1ccccc1. The number of Topliss-reactive ketones (excluding diaryl/α,β-unsaturated/α-hetero) is 1. The summed E-state index contributed by atoms with van der Waals surface area (Å²) in [6.07, 6.45) is 0. The minimum atomic E-state index is -3.54. The predicted octanol–water partition coefficient (Wildman–Crippen LogP) is 3.44. The van der Waals surface area contributed by atoms with E-state index in [-0.39, 0.29) is 15.9 Å². The van der Waals surface area contributed by atoms with Crippen LogP contribution in [0.3, 0.4) is 0 Å². The molecule has 1 unspecified atom stereocenters. The number of fused-ring (bicyclic) bond motifs is 1. The molecule has 0 amide bonds. The Morgan fingerprint density at radius 3 is 2.50 bits per heavy atom. The molecule has 0 spiro atoms. The Bertz CT molecular complexity index is 1040. The van der Waals surface area contributed by atoms with E-state index in [1.807, 2.05) is 18.2 Å². The van der Waals surface area contributed by atoms with Crippen LogP contribution in [0.2, 0.25) is 0 Å². The van der Waals surface area contributed by atoms with Gasteiger partial charge in [-0.1, -0.05) is 42.1 Å². The standard InChI is InChI=1S/C18H18N2O4S2/c1-12(17(21)13-7-5-4-6-8-13)25-18-19-15-11-14(9-10-16(15)24-18)26(22,23)20(2)3/h4-12H,1-3H3. The van der Waals surface area contributed by atoms with Crippen LogP contribution in [0.25, 0.3) is 11.1 Å². The van der Waals surface area contributed by atoms with E-state index < -0.39 is 10.0 Å². The van der Waals surface area contributed by atoms with Gasteiger partial charge in [0.2, 0.25) is 10.0 Å². The van der Waals surface area contributed by atoms with Gasteiger partial charge >= 0.3 is 0 Å². The van der Waals surface area contributed by atoms with Crippen molar-refractivity contribution in [3.8, 4) is 0 Å². The van der Waals surface area contributed by atoms with Crippen LogP contribution in [0, 0.1) is 0 Å². The number of carbonyl (C=O) groups is 1. The highest BCUT2D eigenvalue weighted by Gasteiger charge is 2.21. The van der Waals surface area contributed by atoms with Crippen molar-refractivity contribution in [2.75, 3.05) is 14.1 Å². The molecular weight excluding hydrogens is 372 g/mol. The highest BCUT2D eigenvalue weighted by molar-refractivity contribution is 8.00. The molecule has 0 aliphatic heterocycles. The van der Waals surface area contributed by atoms with Gasteiger partial charge in [0.25, 0.3) is 5.22 Å². The Hall–Kier alpha value is -2.16. The summed E-state index contributed by atoms with van der Waals surface area (Å²) in [5.74, 6) is -0.0197. The Balaban J connectivity index is 1.84. The number of rotatable bonds is 6. The summed E-state index contributed by atoms with van der Waals surface area (Å²) < 4.78 is 31.2. The van der Waals surface area contributed by atoms with Crippen molar-refractivity contribution in [3.63, 3.8) is 0 Å². The Labute approximate surface area is 156 Å². The summed E-state index contributed by atoms with van der Waals surface area (Å²) in [4.78, 5) is 16.9. The zero-order valence-electron chi connectivity index (χ0n) is 14.5. The van der Waals surface area contributed by atoms with Crippen molar-refractivity contribution < 1.29 is 17.6 Å². The zero-order chi connectivity index (χ0) is 18.9. The van der Waals surface area contributed by atoms with Gasteiger partial charge in [0.1, 0.15) is 5.52 Å². The molecule has 0 bridgehead atoms. The number of thioether (sulfide) groups is 1. The van der Waals surface area contributed by atoms with Crippen molar-refractivity contribution in [3.05, 3.63) is 54.1 Å². The van der Waals surface area contributed by atoms with Crippen LogP contribution in [0.1, 0.15) is 17.3 Å². The quantitative estimate of drug-likeness (QED) is 0.474. The first-order valence-corrected chi connectivity index (χ1v) is 10.2. The molecular formula is C18H18N2O4S2. The lowest BCUT2D eigenvalue weighted by Crippen LogP contribution is -2.22. The van der Waals surface area contributed by atoms with Gasteiger partial charge in [0.05, 0.1) is 10.1 Å². The second-order valence-corrected chi connectivity index (χ2v) is 9.33. The van der Waals surface area contributed by atoms with E-state index in [0.29, 0.717) is 21.9 Å². The molecule has 1 heterocycles. The molecule has 136 valence electrons. The smallest absolute Gasteiger partial charge is 0.257 e. The average Bonchev–Trinajstić information content (AvgIpc) is 3.02. The van der Waals surface area contributed by atoms with Crippen molar-refractivity contribution in [1.82, 2.24) is 9.29 Å². The van der Waals surface area contributed by atoms with E-state index in [0.717, 1.165) is 4.31 Å². The maximum atomic E-state index is 12.4. The number of hydrogen-bond donors (Lipinski definition) is 0. The van der Waals surface area contributed by atoms with Crippen LogP contribution >= 0.6 is 11.8 Å². The van der Waals surface area contributed by atoms with Crippen LogP contribution in [-0.4, -0.2) is 42.8 Å². The summed E-state index contributed by atoms with van der Waals surface area (Å²) in [5.41, 5.74) is 1.54. The molecule has 3 aromatic rings. The molecule has 0 aliphatic carbocycles. The second kappa shape index (κ2) is 7.22. The molecule has 2 aromatic carbocycles. The third-order valence-electron chi connectivity index (χ3n) is 3.82. The van der Waals surface area contributed by atoms with Gasteiger partial charge in [-0.15, -0.1) is 0 Å². The number of benzene rings is 2. The van der Waals surface area contributed by atoms with Crippen molar-refractivity contribution >= 4 is 38.7 Å². The summed E-state index contributed by atoms with van der Waals surface area (Å²) in [6, 6.07) is 13.6. The topological polar surface area (TPSA) is 80.5 Å². The summed E-state index contributed by atoms with van der Waals surface area (Å²) in [5, 5.41) is -0.0494. The van der Waals surface area contributed by atoms with Gasteiger partial charge in [0, 0.05) is 19.7 Å². The van der Waals surface area contributed by atoms with Gasteiger partial charge in [0.15, 0.2) is 11.4 Å². The number of aromatic nitrogens is 1. The highest BCUT2D eigenvalue weighted by Crippen LogP contribution is 2.29. The minimum absolute atomic E-state index is 0.0197. The number of sulfonamides is 1. The molecule has 8 heteroatoms. The molecule has 1 atom stereocenters. The van der Waals surface area contributed by atoms with Gasteiger partial charge in [-0.2, -0.15) is 0 Å². The van der Waals surface area contributed by atoms with E-state index in [1.54, 1.807) is 25.1 Å². The van der Waals surface area contributed by atoms with Gasteiger partial charge < -0.3 is 4.42 Å². The van der Waals surface area contributed by atoms with E-state index >= 15 is 0 Å². The molecule has 0 N–H and O–H groups in total. The number of ketones is 1. The minimum Gasteiger partial charge on any atom is -0.431 e. The number of carbonyl (C=O) groups excluding carboxylic acids is 1. The highest BCUT2D eigenvalue weighted by atomic mass is 32.2. The van der Waals surface area contributed by atoms with Crippen molar-refractivity contribution in [1.29, 1.82) is 0 Å². The maximum Gasteiger partial charge on any atom is 0.257 e. The fourth-order valence-corrected chi connectivity index (χ4v) is 4.11. The van der Waals surface area contributed by atoms with E-state index in [1.165, 1.54) is 38.0 Å². The molecule has 0 saturated heterocycles. The lowest BCUT2D eigenvalue weighted by molar-refractivity contribution is 0.0993. The first-order chi connectivity index (χ1) is 12.3. The summed E-state index contributed by atoms with van der Waals surface area (Å²) in [7, 11) is -0.595. The number of nitrogens with zero attached hydrogens (tertiary/aromatic N) is 2. The molecule has 6 nitrogen and oxygen atoms in total. The summed E-state index contributed by atoms with van der Waals surface area (Å²) >= 11 is 1.20.